The number of sulfonamides is 1. The molecule has 16 heavy (non-hydrogen) atoms. The first-order valence-corrected chi connectivity index (χ1v) is 6.52. The van der Waals surface area contributed by atoms with Gasteiger partial charge in [-0.25, -0.2) is 12.7 Å². The molecule has 0 fully saturated rings. The molecule has 0 radical (unpaired) electrons. The third-order valence-corrected chi connectivity index (χ3v) is 4.10. The lowest BCUT2D eigenvalue weighted by molar-refractivity contribution is 0.514. The molecule has 0 unspecified atom stereocenters. The molecule has 1 aromatic heterocycles. The Morgan fingerprint density at radius 1 is 1.44 bits per heavy atom. The van der Waals surface area contributed by atoms with Crippen molar-refractivity contribution in [2.75, 3.05) is 20.6 Å². The van der Waals surface area contributed by atoms with Gasteiger partial charge in [-0.3, -0.25) is 5.10 Å². The van der Waals surface area contributed by atoms with Crippen molar-refractivity contribution in [1.29, 1.82) is 0 Å². The van der Waals surface area contributed by atoms with Crippen LogP contribution in [-0.2, 0) is 16.6 Å². The second-order valence-electron chi connectivity index (χ2n) is 3.70. The van der Waals surface area contributed by atoms with Crippen LogP contribution in [0, 0.1) is 6.92 Å². The minimum Gasteiger partial charge on any atom is -0.313 e. The largest absolute Gasteiger partial charge is 0.313 e. The van der Waals surface area contributed by atoms with Gasteiger partial charge in [-0.1, -0.05) is 6.92 Å². The highest BCUT2D eigenvalue weighted by atomic mass is 32.2. The number of aryl methyl sites for hydroxylation is 1. The van der Waals surface area contributed by atoms with Crippen molar-refractivity contribution in [3.8, 4) is 0 Å². The van der Waals surface area contributed by atoms with Crippen LogP contribution < -0.4 is 5.32 Å². The van der Waals surface area contributed by atoms with Gasteiger partial charge in [0.1, 0.15) is 0 Å². The zero-order chi connectivity index (χ0) is 12.3. The number of hydrogen-bond donors (Lipinski definition) is 2. The summed E-state index contributed by atoms with van der Waals surface area (Å²) in [7, 11) is -0.473. The van der Waals surface area contributed by atoms with E-state index < -0.39 is 10.0 Å². The summed E-state index contributed by atoms with van der Waals surface area (Å²) in [6.07, 6.45) is 0. The average Bonchev–Trinajstić information content (AvgIpc) is 2.57. The molecule has 2 N–H and O–H groups in total. The maximum absolute atomic E-state index is 11.9. The van der Waals surface area contributed by atoms with Gasteiger partial charge in [-0.15, -0.1) is 0 Å². The quantitative estimate of drug-likeness (QED) is 0.771. The van der Waals surface area contributed by atoms with Crippen LogP contribution in [0.2, 0.25) is 0 Å². The zero-order valence-electron chi connectivity index (χ0n) is 10.0. The molecular weight excluding hydrogens is 228 g/mol. The third kappa shape index (κ3) is 2.42. The van der Waals surface area contributed by atoms with Gasteiger partial charge < -0.3 is 5.32 Å². The first-order valence-electron chi connectivity index (χ1n) is 5.08. The maximum Gasteiger partial charge on any atom is 0.262 e. The number of aromatic nitrogens is 2. The van der Waals surface area contributed by atoms with Crippen LogP contribution in [0.15, 0.2) is 5.03 Å². The molecule has 0 saturated carbocycles. The van der Waals surface area contributed by atoms with Crippen molar-refractivity contribution in [2.45, 2.75) is 25.4 Å². The third-order valence-electron chi connectivity index (χ3n) is 2.31. The van der Waals surface area contributed by atoms with Gasteiger partial charge >= 0.3 is 0 Å². The molecule has 92 valence electrons. The Bertz CT molecular complexity index is 450. The summed E-state index contributed by atoms with van der Waals surface area (Å²) in [6.45, 7) is 5.07. The molecule has 6 nitrogen and oxygen atoms in total. The lowest BCUT2D eigenvalue weighted by atomic mass is 10.2. The van der Waals surface area contributed by atoms with Gasteiger partial charge in [0.25, 0.3) is 10.0 Å². The number of rotatable bonds is 5. The monoisotopic (exact) mass is 246 g/mol. The van der Waals surface area contributed by atoms with Gasteiger partial charge in [0.05, 0.1) is 0 Å². The first-order chi connectivity index (χ1) is 7.41. The van der Waals surface area contributed by atoms with Crippen LogP contribution in [0.5, 0.6) is 0 Å². The lowest BCUT2D eigenvalue weighted by Crippen LogP contribution is -2.25. The molecular formula is C9H18N4O2S. The van der Waals surface area contributed by atoms with Crippen LogP contribution in [0.25, 0.3) is 0 Å². The second kappa shape index (κ2) is 4.94. The second-order valence-corrected chi connectivity index (χ2v) is 5.77. The van der Waals surface area contributed by atoms with E-state index in [0.29, 0.717) is 12.1 Å². The molecule has 0 bridgehead atoms. The Kier molecular flexibility index (Phi) is 4.06. The van der Waals surface area contributed by atoms with Crippen molar-refractivity contribution in [3.05, 3.63) is 11.3 Å². The topological polar surface area (TPSA) is 78.1 Å². The van der Waals surface area contributed by atoms with Crippen LogP contribution in [0.4, 0.5) is 0 Å². The molecule has 0 aromatic carbocycles. The minimum absolute atomic E-state index is 0.107. The molecule has 1 aromatic rings. The van der Waals surface area contributed by atoms with Crippen molar-refractivity contribution in [2.24, 2.45) is 0 Å². The van der Waals surface area contributed by atoms with Crippen molar-refractivity contribution in [3.63, 3.8) is 0 Å². The molecule has 1 rings (SSSR count). The summed E-state index contributed by atoms with van der Waals surface area (Å²) < 4.78 is 25.1. The molecule has 0 atom stereocenters. The molecule has 0 aliphatic heterocycles. The van der Waals surface area contributed by atoms with E-state index in [4.69, 9.17) is 0 Å². The van der Waals surface area contributed by atoms with Crippen LogP contribution >= 0.6 is 0 Å². The number of H-pyrrole nitrogens is 1. The van der Waals surface area contributed by atoms with Gasteiger partial charge in [0, 0.05) is 31.9 Å². The van der Waals surface area contributed by atoms with Crippen molar-refractivity contribution >= 4 is 10.0 Å². The van der Waals surface area contributed by atoms with E-state index in [1.165, 1.54) is 14.1 Å². The summed E-state index contributed by atoms with van der Waals surface area (Å²) in [5.74, 6) is 0. The van der Waals surface area contributed by atoms with Crippen molar-refractivity contribution in [1.82, 2.24) is 19.8 Å². The highest BCUT2D eigenvalue weighted by Gasteiger charge is 2.25. The standard InChI is InChI=1S/C9H18N4O2S/c1-5-10-6-8-7(2)11-12-9(8)16(14,15)13(3)4/h10H,5-6H2,1-4H3,(H,11,12). The molecule has 0 aliphatic carbocycles. The van der Waals surface area contributed by atoms with Gasteiger partial charge in [0.15, 0.2) is 5.03 Å². The highest BCUT2D eigenvalue weighted by Crippen LogP contribution is 2.18. The number of aromatic amines is 1. The highest BCUT2D eigenvalue weighted by molar-refractivity contribution is 7.89. The normalized spacial score (nSPS) is 12.3. The summed E-state index contributed by atoms with van der Waals surface area (Å²) in [5.41, 5.74) is 1.48. The van der Waals surface area contributed by atoms with Crippen LogP contribution in [0.3, 0.4) is 0 Å². The SMILES string of the molecule is CCNCc1c(S(=O)(=O)N(C)C)n[nH]c1C. The fourth-order valence-corrected chi connectivity index (χ4v) is 2.32. The summed E-state index contributed by atoms with van der Waals surface area (Å²) in [6, 6.07) is 0. The molecule has 7 heteroatoms. The van der Waals surface area contributed by atoms with E-state index in [1.807, 2.05) is 13.8 Å². The first kappa shape index (κ1) is 13.1. The molecule has 1 heterocycles. The molecule has 0 saturated heterocycles. The van der Waals surface area contributed by atoms with Gasteiger partial charge in [0.2, 0.25) is 0 Å². The molecule has 0 amide bonds. The van der Waals surface area contributed by atoms with Crippen LogP contribution in [0.1, 0.15) is 18.2 Å². The maximum atomic E-state index is 11.9. The number of nitrogens with zero attached hydrogens (tertiary/aromatic N) is 2. The van der Waals surface area contributed by atoms with E-state index in [1.54, 1.807) is 0 Å². The van der Waals surface area contributed by atoms with Gasteiger partial charge in [-0.05, 0) is 13.5 Å². The van der Waals surface area contributed by atoms with E-state index in [-0.39, 0.29) is 5.03 Å². The van der Waals surface area contributed by atoms with Gasteiger partial charge in [-0.2, -0.15) is 5.10 Å². The van der Waals surface area contributed by atoms with Crippen molar-refractivity contribution < 1.29 is 8.42 Å². The summed E-state index contributed by atoms with van der Waals surface area (Å²) in [4.78, 5) is 0. The average molecular weight is 246 g/mol. The van der Waals surface area contributed by atoms with E-state index >= 15 is 0 Å². The number of hydrogen-bond acceptors (Lipinski definition) is 4. The Morgan fingerprint density at radius 3 is 2.56 bits per heavy atom. The predicted molar refractivity (Wildman–Crippen MR) is 61.6 cm³/mol. The Morgan fingerprint density at radius 2 is 2.06 bits per heavy atom. The summed E-state index contributed by atoms with van der Waals surface area (Å²) >= 11 is 0. The van der Waals surface area contributed by atoms with E-state index in [0.717, 1.165) is 16.5 Å². The zero-order valence-corrected chi connectivity index (χ0v) is 10.8. The Hall–Kier alpha value is -0.920. The van der Waals surface area contributed by atoms with Crippen LogP contribution in [-0.4, -0.2) is 43.6 Å². The lowest BCUT2D eigenvalue weighted by Gasteiger charge is -2.10. The van der Waals surface area contributed by atoms with E-state index in [9.17, 15) is 8.42 Å². The molecule has 0 aliphatic rings. The Balaban J connectivity index is 3.15. The Labute approximate surface area is 96.1 Å². The summed E-state index contributed by atoms with van der Waals surface area (Å²) in [5, 5.41) is 9.79. The van der Waals surface area contributed by atoms with E-state index in [2.05, 4.69) is 15.5 Å². The predicted octanol–water partition coefficient (Wildman–Crippen LogP) is 0.0779. The number of nitrogens with one attached hydrogen (secondary N) is 2. The molecule has 0 spiro atoms. The fourth-order valence-electron chi connectivity index (χ4n) is 1.27. The smallest absolute Gasteiger partial charge is 0.262 e. The fraction of sp³-hybridized carbons (Fsp3) is 0.667. The minimum atomic E-state index is -3.47.